The molecule has 0 radical (unpaired) electrons. The Morgan fingerprint density at radius 2 is 1.81 bits per heavy atom. The van der Waals surface area contributed by atoms with Crippen LogP contribution >= 0.6 is 0 Å². The van der Waals surface area contributed by atoms with Crippen LogP contribution in [0.1, 0.15) is 25.3 Å². The van der Waals surface area contributed by atoms with Crippen LogP contribution in [-0.2, 0) is 0 Å². The van der Waals surface area contributed by atoms with Crippen molar-refractivity contribution in [1.29, 1.82) is 0 Å². The average molecular weight is 347 g/mol. The molecule has 1 N–H and O–H groups in total. The summed E-state index contributed by atoms with van der Waals surface area (Å²) in [4.78, 5) is 17.9. The lowest BCUT2D eigenvalue weighted by atomic mass is 10.1. The van der Waals surface area contributed by atoms with Crippen LogP contribution in [0.25, 0.3) is 16.9 Å². The predicted octanol–water partition coefficient (Wildman–Crippen LogP) is 3.81. The van der Waals surface area contributed by atoms with Gasteiger partial charge in [0, 0.05) is 11.3 Å². The maximum atomic E-state index is 13.2. The van der Waals surface area contributed by atoms with Crippen LogP contribution in [0.3, 0.4) is 0 Å². The number of methoxy groups -OCH3 is 1. The lowest BCUT2D eigenvalue weighted by molar-refractivity contribution is 0.414. The Kier molecular flexibility index (Phi) is 4.21. The third-order valence-electron chi connectivity index (χ3n) is 4.57. The molecule has 0 spiro atoms. The number of nitrogens with one attached hydrogen (secondary N) is 1. The fourth-order valence-corrected chi connectivity index (χ4v) is 3.04. The lowest BCUT2D eigenvalue weighted by Gasteiger charge is -2.04. The number of aliphatic imine (C=N–C) groups is 1. The monoisotopic (exact) mass is 347 g/mol. The van der Waals surface area contributed by atoms with E-state index in [2.05, 4.69) is 5.10 Å². The molecule has 3 aromatic rings. The van der Waals surface area contributed by atoms with E-state index < -0.39 is 0 Å². The van der Waals surface area contributed by atoms with Gasteiger partial charge in [0.2, 0.25) is 0 Å². The molecule has 0 saturated heterocycles. The molecule has 0 amide bonds. The Labute approximate surface area is 152 Å². The summed E-state index contributed by atoms with van der Waals surface area (Å²) in [5, 5.41) is 3.28. The lowest BCUT2D eigenvalue weighted by Crippen LogP contribution is -2.19. The second kappa shape index (κ2) is 6.67. The fourth-order valence-electron chi connectivity index (χ4n) is 3.04. The van der Waals surface area contributed by atoms with E-state index in [1.807, 2.05) is 61.5 Å². The smallest absolute Gasteiger partial charge is 0.280 e. The van der Waals surface area contributed by atoms with E-state index in [1.54, 1.807) is 11.8 Å². The van der Waals surface area contributed by atoms with Crippen LogP contribution < -0.4 is 10.3 Å². The van der Waals surface area contributed by atoms with Crippen molar-refractivity contribution in [3.05, 3.63) is 70.5 Å². The molecule has 132 valence electrons. The quantitative estimate of drug-likeness (QED) is 0.714. The molecule has 1 aromatic heterocycles. The first-order valence-corrected chi connectivity index (χ1v) is 8.77. The third-order valence-corrected chi connectivity index (χ3v) is 4.57. The fraction of sp³-hybridized carbons (Fsp3) is 0.238. The second-order valence-electron chi connectivity index (χ2n) is 6.51. The Hall–Kier alpha value is -3.08. The van der Waals surface area contributed by atoms with Crippen LogP contribution in [-0.4, -0.2) is 28.6 Å². The van der Waals surface area contributed by atoms with Crippen molar-refractivity contribution in [2.45, 2.75) is 25.8 Å². The topological polar surface area (TPSA) is 59.4 Å². The van der Waals surface area contributed by atoms with Crippen molar-refractivity contribution in [2.24, 2.45) is 4.99 Å². The maximum Gasteiger partial charge on any atom is 0.280 e. The first kappa shape index (κ1) is 16.4. The number of hydrogen-bond donors (Lipinski definition) is 1. The highest BCUT2D eigenvalue weighted by molar-refractivity contribution is 6.03. The summed E-state index contributed by atoms with van der Waals surface area (Å²) < 4.78 is 6.78. The molecule has 1 aliphatic carbocycles. The number of benzene rings is 2. The van der Waals surface area contributed by atoms with Gasteiger partial charge in [0.25, 0.3) is 5.56 Å². The highest BCUT2D eigenvalue weighted by Crippen LogP contribution is 2.26. The van der Waals surface area contributed by atoms with Crippen molar-refractivity contribution >= 4 is 5.71 Å². The molecule has 1 aliphatic rings. The SMILES string of the molecule is COc1ccc(-n2[nH]c(-c3ccccc3)c(C(C)=NC3CC3)c2=O)cc1. The van der Waals surface area contributed by atoms with E-state index >= 15 is 0 Å². The summed E-state index contributed by atoms with van der Waals surface area (Å²) in [6, 6.07) is 17.7. The van der Waals surface area contributed by atoms with Gasteiger partial charge in [-0.05, 0) is 44.0 Å². The van der Waals surface area contributed by atoms with Gasteiger partial charge in [0.15, 0.2) is 0 Å². The van der Waals surface area contributed by atoms with E-state index in [0.717, 1.165) is 41.2 Å². The zero-order valence-electron chi connectivity index (χ0n) is 14.9. The Bertz CT molecular complexity index is 994. The number of aromatic nitrogens is 2. The molecular formula is C21H21N3O2. The Morgan fingerprint density at radius 1 is 1.12 bits per heavy atom. The van der Waals surface area contributed by atoms with Crippen LogP contribution in [0.4, 0.5) is 0 Å². The number of nitrogens with zero attached hydrogens (tertiary/aromatic N) is 2. The summed E-state index contributed by atoms with van der Waals surface area (Å²) in [6.45, 7) is 1.92. The van der Waals surface area contributed by atoms with Gasteiger partial charge >= 0.3 is 0 Å². The van der Waals surface area contributed by atoms with Gasteiger partial charge < -0.3 is 4.74 Å². The van der Waals surface area contributed by atoms with Gasteiger partial charge in [0.05, 0.1) is 30.1 Å². The van der Waals surface area contributed by atoms with Gasteiger partial charge in [-0.3, -0.25) is 14.9 Å². The minimum Gasteiger partial charge on any atom is -0.497 e. The molecule has 4 rings (SSSR count). The molecule has 0 atom stereocenters. The van der Waals surface area contributed by atoms with Gasteiger partial charge in [-0.1, -0.05) is 30.3 Å². The predicted molar refractivity (Wildman–Crippen MR) is 104 cm³/mol. The maximum absolute atomic E-state index is 13.2. The highest BCUT2D eigenvalue weighted by Gasteiger charge is 2.24. The largest absolute Gasteiger partial charge is 0.497 e. The van der Waals surface area contributed by atoms with E-state index in [0.29, 0.717) is 11.6 Å². The van der Waals surface area contributed by atoms with Crippen molar-refractivity contribution in [3.8, 4) is 22.7 Å². The van der Waals surface area contributed by atoms with Crippen molar-refractivity contribution in [3.63, 3.8) is 0 Å². The first-order chi connectivity index (χ1) is 12.7. The average Bonchev–Trinajstić information content (AvgIpc) is 3.42. The summed E-state index contributed by atoms with van der Waals surface area (Å²) in [5.74, 6) is 0.753. The minimum absolute atomic E-state index is 0.0871. The van der Waals surface area contributed by atoms with Crippen LogP contribution in [0.2, 0.25) is 0 Å². The van der Waals surface area contributed by atoms with Gasteiger partial charge in [-0.25, -0.2) is 4.68 Å². The van der Waals surface area contributed by atoms with Gasteiger partial charge in [0.1, 0.15) is 5.75 Å². The molecule has 1 fully saturated rings. The molecule has 0 unspecified atom stereocenters. The molecule has 5 heteroatoms. The molecule has 0 bridgehead atoms. The summed E-state index contributed by atoms with van der Waals surface area (Å²) in [5.41, 5.74) is 3.87. The van der Waals surface area contributed by atoms with Gasteiger partial charge in [-0.2, -0.15) is 0 Å². The summed E-state index contributed by atoms with van der Waals surface area (Å²) in [7, 11) is 1.62. The zero-order chi connectivity index (χ0) is 18.1. The van der Waals surface area contributed by atoms with Crippen LogP contribution in [0.15, 0.2) is 64.4 Å². The highest BCUT2D eigenvalue weighted by atomic mass is 16.5. The summed E-state index contributed by atoms with van der Waals surface area (Å²) in [6.07, 6.45) is 2.21. The Morgan fingerprint density at radius 3 is 2.42 bits per heavy atom. The second-order valence-corrected chi connectivity index (χ2v) is 6.51. The van der Waals surface area contributed by atoms with Crippen molar-refractivity contribution < 1.29 is 4.74 Å². The summed E-state index contributed by atoms with van der Waals surface area (Å²) >= 11 is 0. The first-order valence-electron chi connectivity index (χ1n) is 8.77. The minimum atomic E-state index is -0.0871. The number of ether oxygens (including phenoxy) is 1. The molecular weight excluding hydrogens is 326 g/mol. The molecule has 26 heavy (non-hydrogen) atoms. The van der Waals surface area contributed by atoms with Crippen LogP contribution in [0.5, 0.6) is 5.75 Å². The molecule has 5 nitrogen and oxygen atoms in total. The Balaban J connectivity index is 1.88. The molecule has 0 aliphatic heterocycles. The zero-order valence-corrected chi connectivity index (χ0v) is 14.9. The van der Waals surface area contributed by atoms with E-state index in [4.69, 9.17) is 9.73 Å². The molecule has 1 saturated carbocycles. The number of H-pyrrole nitrogens is 1. The van der Waals surface area contributed by atoms with Gasteiger partial charge in [-0.15, -0.1) is 0 Å². The standard InChI is InChI=1S/C21H21N3O2/c1-14(22-16-8-9-16)19-20(15-6-4-3-5-7-15)23-24(21(19)25)17-10-12-18(26-2)13-11-17/h3-7,10-13,16,23H,8-9H2,1-2H3. The van der Waals surface area contributed by atoms with E-state index in [9.17, 15) is 4.79 Å². The van der Waals surface area contributed by atoms with Crippen LogP contribution in [0, 0.1) is 0 Å². The van der Waals surface area contributed by atoms with Crippen molar-refractivity contribution in [2.75, 3.05) is 7.11 Å². The number of aromatic amines is 1. The molecule has 2 aromatic carbocycles. The van der Waals surface area contributed by atoms with E-state index in [1.165, 1.54) is 0 Å². The normalized spacial score (nSPS) is 14.5. The number of rotatable bonds is 5. The number of hydrogen-bond acceptors (Lipinski definition) is 3. The van der Waals surface area contributed by atoms with E-state index in [-0.39, 0.29) is 5.56 Å². The third kappa shape index (κ3) is 3.08. The van der Waals surface area contributed by atoms with Crippen molar-refractivity contribution in [1.82, 2.24) is 9.78 Å². The molecule has 1 heterocycles.